The number of halogens is 2. The predicted molar refractivity (Wildman–Crippen MR) is 85.3 cm³/mol. The van der Waals surface area contributed by atoms with Gasteiger partial charge in [-0.1, -0.05) is 17.4 Å². The van der Waals surface area contributed by atoms with Gasteiger partial charge in [0.1, 0.15) is 17.2 Å². The molecule has 0 fully saturated rings. The average molecular weight is 369 g/mol. The molecule has 3 rings (SSSR count). The maximum absolute atomic E-state index is 13.6. The fraction of sp³-hybridized carbons (Fsp3) is 0. The normalized spacial score (nSPS) is 11.6. The first kappa shape index (κ1) is 16.4. The Morgan fingerprint density at radius 3 is 2.46 bits per heavy atom. The number of nitrogens with one attached hydrogen (secondary N) is 1. The number of nitrogens with two attached hydrogens (primary N) is 1. The molecule has 1 amide bonds. The number of aromatic nitrogens is 1. The highest BCUT2D eigenvalue weighted by Gasteiger charge is 2.19. The third kappa shape index (κ3) is 3.11. The van der Waals surface area contributed by atoms with Gasteiger partial charge in [-0.15, -0.1) is 0 Å². The van der Waals surface area contributed by atoms with Crippen LogP contribution in [0.1, 0.15) is 10.4 Å². The van der Waals surface area contributed by atoms with E-state index in [2.05, 4.69) is 10.3 Å². The van der Waals surface area contributed by atoms with Crippen molar-refractivity contribution in [3.05, 3.63) is 53.6 Å². The molecular weight excluding hydrogens is 360 g/mol. The lowest BCUT2D eigenvalue weighted by Crippen LogP contribution is -2.15. The Hall–Kier alpha value is -2.43. The number of rotatable bonds is 3. The molecular formula is C14H9F2N3O3S2. The van der Waals surface area contributed by atoms with Crippen molar-refractivity contribution in [1.29, 1.82) is 0 Å². The van der Waals surface area contributed by atoms with Crippen molar-refractivity contribution in [1.82, 2.24) is 4.98 Å². The van der Waals surface area contributed by atoms with E-state index in [0.29, 0.717) is 10.2 Å². The Morgan fingerprint density at radius 2 is 1.83 bits per heavy atom. The maximum atomic E-state index is 13.6. The van der Waals surface area contributed by atoms with Crippen LogP contribution in [-0.4, -0.2) is 19.3 Å². The van der Waals surface area contributed by atoms with E-state index in [9.17, 15) is 22.0 Å². The van der Waals surface area contributed by atoms with E-state index < -0.39 is 33.1 Å². The molecule has 0 aliphatic carbocycles. The number of carbonyl (C=O) groups is 1. The summed E-state index contributed by atoms with van der Waals surface area (Å²) >= 11 is 0.954. The molecule has 10 heteroatoms. The molecule has 0 saturated heterocycles. The molecule has 0 bridgehead atoms. The van der Waals surface area contributed by atoms with Crippen molar-refractivity contribution in [3.8, 4) is 0 Å². The first-order valence-electron chi connectivity index (χ1n) is 6.44. The molecule has 124 valence electrons. The van der Waals surface area contributed by atoms with Gasteiger partial charge in [-0.25, -0.2) is 27.3 Å². The summed E-state index contributed by atoms with van der Waals surface area (Å²) in [6.45, 7) is 0. The predicted octanol–water partition coefficient (Wildman–Crippen LogP) is 2.47. The second-order valence-corrected chi connectivity index (χ2v) is 7.34. The Kier molecular flexibility index (Phi) is 4.03. The Bertz CT molecular complexity index is 1040. The third-order valence-corrected chi connectivity index (χ3v) is 4.94. The minimum absolute atomic E-state index is 0.0734. The topological polar surface area (TPSA) is 102 Å². The number of amides is 1. The summed E-state index contributed by atoms with van der Waals surface area (Å²) < 4.78 is 50.3. The lowest BCUT2D eigenvalue weighted by atomic mass is 10.2. The molecule has 6 nitrogen and oxygen atoms in total. The fourth-order valence-corrected chi connectivity index (χ4v) is 3.52. The lowest BCUT2D eigenvalue weighted by Gasteiger charge is -2.03. The van der Waals surface area contributed by atoms with E-state index in [1.807, 2.05) is 0 Å². The second-order valence-electron chi connectivity index (χ2n) is 4.74. The molecule has 3 N–H and O–H groups in total. The number of thiazole rings is 1. The highest BCUT2D eigenvalue weighted by molar-refractivity contribution is 7.89. The van der Waals surface area contributed by atoms with Crippen LogP contribution in [0, 0.1) is 11.6 Å². The quantitative estimate of drug-likeness (QED) is 0.740. The minimum atomic E-state index is -3.87. The SMILES string of the molecule is NS(=O)(=O)c1ccc2nc(NC(=O)c3c(F)cccc3F)sc2c1. The van der Waals surface area contributed by atoms with E-state index >= 15 is 0 Å². The summed E-state index contributed by atoms with van der Waals surface area (Å²) in [5.74, 6) is -2.98. The minimum Gasteiger partial charge on any atom is -0.298 e. The molecule has 3 aromatic rings. The van der Waals surface area contributed by atoms with Crippen LogP contribution in [0.15, 0.2) is 41.3 Å². The standard InChI is InChI=1S/C14H9F2N3O3S2/c15-8-2-1-3-9(16)12(8)13(20)19-14-18-10-5-4-7(24(17,21)22)6-11(10)23-14/h1-6H,(H2,17,21,22)(H,18,19,20). The molecule has 0 unspecified atom stereocenters. The van der Waals surface area contributed by atoms with E-state index in [1.165, 1.54) is 18.2 Å². The smallest absolute Gasteiger partial charge is 0.263 e. The molecule has 0 saturated carbocycles. The molecule has 1 aromatic heterocycles. The summed E-state index contributed by atoms with van der Waals surface area (Å²) in [5, 5.41) is 7.42. The Morgan fingerprint density at radius 1 is 1.17 bits per heavy atom. The summed E-state index contributed by atoms with van der Waals surface area (Å²) in [6, 6.07) is 7.09. The molecule has 0 radical (unpaired) electrons. The molecule has 0 atom stereocenters. The monoisotopic (exact) mass is 369 g/mol. The molecule has 0 aliphatic rings. The Labute approximate surface area is 139 Å². The van der Waals surface area contributed by atoms with Crippen LogP contribution in [0.2, 0.25) is 0 Å². The van der Waals surface area contributed by atoms with Crippen LogP contribution < -0.4 is 10.5 Å². The highest BCUT2D eigenvalue weighted by atomic mass is 32.2. The zero-order valence-electron chi connectivity index (χ0n) is 11.8. The maximum Gasteiger partial charge on any atom is 0.263 e. The molecule has 2 aromatic carbocycles. The summed E-state index contributed by atoms with van der Waals surface area (Å²) in [7, 11) is -3.87. The number of nitrogens with zero attached hydrogens (tertiary/aromatic N) is 1. The average Bonchev–Trinajstić information content (AvgIpc) is 2.87. The summed E-state index contributed by atoms with van der Waals surface area (Å²) in [4.78, 5) is 16.0. The van der Waals surface area contributed by atoms with Gasteiger partial charge in [0.05, 0.1) is 15.1 Å². The van der Waals surface area contributed by atoms with Crippen LogP contribution in [0.5, 0.6) is 0 Å². The Balaban J connectivity index is 1.95. The number of carbonyl (C=O) groups excluding carboxylic acids is 1. The van der Waals surface area contributed by atoms with E-state index in [0.717, 1.165) is 29.5 Å². The number of hydrogen-bond acceptors (Lipinski definition) is 5. The zero-order chi connectivity index (χ0) is 17.5. The van der Waals surface area contributed by atoms with Crippen LogP contribution in [0.3, 0.4) is 0 Å². The third-order valence-electron chi connectivity index (χ3n) is 3.10. The van der Waals surface area contributed by atoms with Crippen LogP contribution in [-0.2, 0) is 10.0 Å². The number of fused-ring (bicyclic) bond motifs is 1. The number of primary sulfonamides is 1. The van der Waals surface area contributed by atoms with Crippen molar-refractivity contribution < 1.29 is 22.0 Å². The van der Waals surface area contributed by atoms with Crippen molar-refractivity contribution in [2.75, 3.05) is 5.32 Å². The fourth-order valence-electron chi connectivity index (χ4n) is 2.01. The van der Waals surface area contributed by atoms with Gasteiger partial charge in [0.15, 0.2) is 5.13 Å². The molecule has 1 heterocycles. The van der Waals surface area contributed by atoms with E-state index in [-0.39, 0.29) is 10.0 Å². The molecule has 0 aliphatic heterocycles. The van der Waals surface area contributed by atoms with Crippen LogP contribution in [0.25, 0.3) is 10.2 Å². The van der Waals surface area contributed by atoms with E-state index in [4.69, 9.17) is 5.14 Å². The van der Waals surface area contributed by atoms with Gasteiger partial charge in [-0.05, 0) is 30.3 Å². The molecule has 0 spiro atoms. The largest absolute Gasteiger partial charge is 0.298 e. The van der Waals surface area contributed by atoms with Crippen LogP contribution in [0.4, 0.5) is 13.9 Å². The number of anilines is 1. The molecule has 24 heavy (non-hydrogen) atoms. The first-order chi connectivity index (χ1) is 11.3. The van der Waals surface area contributed by atoms with Crippen molar-refractivity contribution >= 4 is 42.6 Å². The van der Waals surface area contributed by atoms with Gasteiger partial charge < -0.3 is 0 Å². The van der Waals surface area contributed by atoms with Gasteiger partial charge in [-0.3, -0.25) is 10.1 Å². The first-order valence-corrected chi connectivity index (χ1v) is 8.81. The summed E-state index contributed by atoms with van der Waals surface area (Å²) in [5.41, 5.74) is -0.307. The van der Waals surface area contributed by atoms with Gasteiger partial charge in [-0.2, -0.15) is 0 Å². The number of benzene rings is 2. The second kappa shape index (κ2) is 5.89. The van der Waals surface area contributed by atoms with Crippen molar-refractivity contribution in [2.45, 2.75) is 4.90 Å². The van der Waals surface area contributed by atoms with Crippen molar-refractivity contribution in [2.24, 2.45) is 5.14 Å². The highest BCUT2D eigenvalue weighted by Crippen LogP contribution is 2.28. The summed E-state index contributed by atoms with van der Waals surface area (Å²) in [6.07, 6.45) is 0. The lowest BCUT2D eigenvalue weighted by molar-refractivity contribution is 0.101. The van der Waals surface area contributed by atoms with Gasteiger partial charge in [0.25, 0.3) is 5.91 Å². The van der Waals surface area contributed by atoms with Gasteiger partial charge in [0, 0.05) is 0 Å². The number of hydrogen-bond donors (Lipinski definition) is 2. The van der Waals surface area contributed by atoms with Gasteiger partial charge >= 0.3 is 0 Å². The van der Waals surface area contributed by atoms with Crippen LogP contribution >= 0.6 is 11.3 Å². The van der Waals surface area contributed by atoms with Crippen molar-refractivity contribution in [3.63, 3.8) is 0 Å². The zero-order valence-corrected chi connectivity index (χ0v) is 13.4. The van der Waals surface area contributed by atoms with Gasteiger partial charge in [0.2, 0.25) is 10.0 Å². The van der Waals surface area contributed by atoms with E-state index in [1.54, 1.807) is 0 Å². The number of sulfonamides is 1.